The van der Waals surface area contributed by atoms with Crippen molar-refractivity contribution in [3.63, 3.8) is 0 Å². The lowest BCUT2D eigenvalue weighted by Gasteiger charge is -2.20. The molecule has 0 aliphatic heterocycles. The standard InChI is InChI=1S/C13H21NO/c1-10(7-8-14)11-5-4-6-12(9-11)13(2,3)15/h4-6,9-10,15H,7-8,14H2,1-3H3. The maximum atomic E-state index is 9.90. The minimum absolute atomic E-state index is 0.456. The second-order valence-corrected chi connectivity index (χ2v) is 4.66. The van der Waals surface area contributed by atoms with Crippen LogP contribution in [0.4, 0.5) is 0 Å². The predicted octanol–water partition coefficient (Wildman–Crippen LogP) is 2.37. The lowest BCUT2D eigenvalue weighted by atomic mass is 9.91. The minimum atomic E-state index is -0.765. The number of benzene rings is 1. The van der Waals surface area contributed by atoms with E-state index in [0.29, 0.717) is 12.5 Å². The lowest BCUT2D eigenvalue weighted by molar-refractivity contribution is 0.0785. The van der Waals surface area contributed by atoms with Gasteiger partial charge in [0.05, 0.1) is 5.60 Å². The Morgan fingerprint density at radius 2 is 2.07 bits per heavy atom. The Kier molecular flexibility index (Phi) is 3.89. The van der Waals surface area contributed by atoms with Gasteiger partial charge in [-0.25, -0.2) is 0 Å². The SMILES string of the molecule is CC(CCN)c1cccc(C(C)(C)O)c1. The van der Waals surface area contributed by atoms with E-state index in [2.05, 4.69) is 19.1 Å². The molecule has 1 aromatic carbocycles. The van der Waals surface area contributed by atoms with Crippen LogP contribution in [0.25, 0.3) is 0 Å². The van der Waals surface area contributed by atoms with Crippen molar-refractivity contribution in [1.29, 1.82) is 0 Å². The maximum absolute atomic E-state index is 9.90. The lowest BCUT2D eigenvalue weighted by Crippen LogP contribution is -2.16. The summed E-state index contributed by atoms with van der Waals surface area (Å²) in [5.41, 5.74) is 6.99. The Morgan fingerprint density at radius 3 is 2.60 bits per heavy atom. The van der Waals surface area contributed by atoms with Crippen molar-refractivity contribution in [2.75, 3.05) is 6.54 Å². The minimum Gasteiger partial charge on any atom is -0.386 e. The summed E-state index contributed by atoms with van der Waals surface area (Å²) in [7, 11) is 0. The molecule has 2 nitrogen and oxygen atoms in total. The van der Waals surface area contributed by atoms with Gasteiger partial charge in [0.15, 0.2) is 0 Å². The molecule has 1 aromatic rings. The summed E-state index contributed by atoms with van der Waals surface area (Å²) >= 11 is 0. The fourth-order valence-electron chi connectivity index (χ4n) is 1.64. The maximum Gasteiger partial charge on any atom is 0.0840 e. The van der Waals surface area contributed by atoms with Crippen LogP contribution in [0.5, 0.6) is 0 Å². The molecule has 0 amide bonds. The average Bonchev–Trinajstić information content (AvgIpc) is 2.17. The van der Waals surface area contributed by atoms with Gasteiger partial charge in [-0.2, -0.15) is 0 Å². The van der Waals surface area contributed by atoms with Crippen molar-refractivity contribution >= 4 is 0 Å². The number of aliphatic hydroxyl groups is 1. The van der Waals surface area contributed by atoms with Crippen LogP contribution in [0, 0.1) is 0 Å². The van der Waals surface area contributed by atoms with Crippen molar-refractivity contribution in [3.05, 3.63) is 35.4 Å². The average molecular weight is 207 g/mol. The Balaban J connectivity index is 2.92. The highest BCUT2D eigenvalue weighted by Crippen LogP contribution is 2.25. The van der Waals surface area contributed by atoms with Crippen molar-refractivity contribution in [2.45, 2.75) is 38.7 Å². The molecule has 0 aliphatic rings. The van der Waals surface area contributed by atoms with Gasteiger partial charge >= 0.3 is 0 Å². The molecule has 1 atom stereocenters. The van der Waals surface area contributed by atoms with E-state index in [4.69, 9.17) is 5.73 Å². The van der Waals surface area contributed by atoms with Gasteiger partial charge < -0.3 is 10.8 Å². The molecule has 0 bridgehead atoms. The predicted molar refractivity (Wildman–Crippen MR) is 63.8 cm³/mol. The first-order chi connectivity index (χ1) is 6.95. The smallest absolute Gasteiger partial charge is 0.0840 e. The van der Waals surface area contributed by atoms with Gasteiger partial charge in [-0.05, 0) is 43.9 Å². The summed E-state index contributed by atoms with van der Waals surface area (Å²) in [5.74, 6) is 0.456. The first kappa shape index (κ1) is 12.2. The largest absolute Gasteiger partial charge is 0.386 e. The summed E-state index contributed by atoms with van der Waals surface area (Å²) in [4.78, 5) is 0. The third-order valence-electron chi connectivity index (χ3n) is 2.76. The summed E-state index contributed by atoms with van der Waals surface area (Å²) < 4.78 is 0. The van der Waals surface area contributed by atoms with Crippen molar-refractivity contribution in [1.82, 2.24) is 0 Å². The molecule has 1 rings (SSSR count). The van der Waals surface area contributed by atoms with Crippen molar-refractivity contribution in [2.24, 2.45) is 5.73 Å². The number of rotatable bonds is 4. The zero-order chi connectivity index (χ0) is 11.5. The normalized spacial score (nSPS) is 13.9. The van der Waals surface area contributed by atoms with Crippen LogP contribution in [-0.4, -0.2) is 11.7 Å². The molecule has 3 N–H and O–H groups in total. The molecule has 0 radical (unpaired) electrons. The molecular weight excluding hydrogens is 186 g/mol. The zero-order valence-corrected chi connectivity index (χ0v) is 9.83. The van der Waals surface area contributed by atoms with Crippen LogP contribution in [0.15, 0.2) is 24.3 Å². The zero-order valence-electron chi connectivity index (χ0n) is 9.83. The van der Waals surface area contributed by atoms with Gasteiger partial charge in [-0.1, -0.05) is 31.2 Å². The Labute approximate surface area is 92.1 Å². The topological polar surface area (TPSA) is 46.2 Å². The molecule has 0 aromatic heterocycles. The van der Waals surface area contributed by atoms with Crippen molar-refractivity contribution in [3.8, 4) is 0 Å². The molecule has 2 heteroatoms. The highest BCUT2D eigenvalue weighted by atomic mass is 16.3. The first-order valence-corrected chi connectivity index (χ1v) is 5.48. The van der Waals surface area contributed by atoms with Crippen LogP contribution in [0.2, 0.25) is 0 Å². The fraction of sp³-hybridized carbons (Fsp3) is 0.538. The Morgan fingerprint density at radius 1 is 1.40 bits per heavy atom. The Hall–Kier alpha value is -0.860. The van der Waals surface area contributed by atoms with Gasteiger partial charge in [0.2, 0.25) is 0 Å². The molecule has 1 unspecified atom stereocenters. The van der Waals surface area contributed by atoms with Crippen LogP contribution >= 0.6 is 0 Å². The van der Waals surface area contributed by atoms with Crippen LogP contribution in [0.1, 0.15) is 44.2 Å². The van der Waals surface area contributed by atoms with Gasteiger partial charge in [-0.3, -0.25) is 0 Å². The summed E-state index contributed by atoms with van der Waals surface area (Å²) in [6.45, 7) is 6.48. The summed E-state index contributed by atoms with van der Waals surface area (Å²) in [6, 6.07) is 8.12. The van der Waals surface area contributed by atoms with E-state index in [1.165, 1.54) is 5.56 Å². The van der Waals surface area contributed by atoms with E-state index >= 15 is 0 Å². The Bertz CT molecular complexity index is 315. The number of nitrogens with two attached hydrogens (primary N) is 1. The fourth-order valence-corrected chi connectivity index (χ4v) is 1.64. The van der Waals surface area contributed by atoms with Crippen molar-refractivity contribution < 1.29 is 5.11 Å². The molecule has 15 heavy (non-hydrogen) atoms. The molecule has 0 saturated carbocycles. The molecule has 0 aliphatic carbocycles. The molecule has 0 spiro atoms. The van der Waals surface area contributed by atoms with Gasteiger partial charge in [0.1, 0.15) is 0 Å². The van der Waals surface area contributed by atoms with Gasteiger partial charge in [-0.15, -0.1) is 0 Å². The van der Waals surface area contributed by atoms with Crippen LogP contribution in [0.3, 0.4) is 0 Å². The van der Waals surface area contributed by atoms with E-state index in [-0.39, 0.29) is 0 Å². The van der Waals surface area contributed by atoms with Gasteiger partial charge in [0, 0.05) is 0 Å². The molecule has 0 heterocycles. The van der Waals surface area contributed by atoms with Gasteiger partial charge in [0.25, 0.3) is 0 Å². The third-order valence-corrected chi connectivity index (χ3v) is 2.76. The third kappa shape index (κ3) is 3.33. The second kappa shape index (κ2) is 4.77. The molecular formula is C13H21NO. The second-order valence-electron chi connectivity index (χ2n) is 4.66. The van der Waals surface area contributed by atoms with Crippen LogP contribution in [-0.2, 0) is 5.60 Å². The molecule has 0 saturated heterocycles. The van der Waals surface area contributed by atoms with Crippen LogP contribution < -0.4 is 5.73 Å². The van der Waals surface area contributed by atoms with E-state index in [1.807, 2.05) is 12.1 Å². The highest BCUT2D eigenvalue weighted by Gasteiger charge is 2.16. The first-order valence-electron chi connectivity index (χ1n) is 5.48. The molecule has 0 fully saturated rings. The highest BCUT2D eigenvalue weighted by molar-refractivity contribution is 5.29. The monoisotopic (exact) mass is 207 g/mol. The molecule has 84 valence electrons. The van der Waals surface area contributed by atoms with E-state index in [1.54, 1.807) is 13.8 Å². The number of hydrogen-bond acceptors (Lipinski definition) is 2. The number of hydrogen-bond donors (Lipinski definition) is 2. The van der Waals surface area contributed by atoms with E-state index < -0.39 is 5.60 Å². The summed E-state index contributed by atoms with van der Waals surface area (Å²) in [5, 5.41) is 9.90. The van der Waals surface area contributed by atoms with E-state index in [9.17, 15) is 5.11 Å². The van der Waals surface area contributed by atoms with E-state index in [0.717, 1.165) is 12.0 Å². The quantitative estimate of drug-likeness (QED) is 0.796. The summed E-state index contributed by atoms with van der Waals surface area (Å²) in [6.07, 6.45) is 0.981.